The summed E-state index contributed by atoms with van der Waals surface area (Å²) < 4.78 is 1.81. The van der Waals surface area contributed by atoms with E-state index >= 15 is 0 Å². The monoisotopic (exact) mass is 244 g/mol. The summed E-state index contributed by atoms with van der Waals surface area (Å²) in [5, 5.41) is 16.5. The number of rotatable bonds is 1. The van der Waals surface area contributed by atoms with Crippen molar-refractivity contribution in [2.75, 3.05) is 5.32 Å². The van der Waals surface area contributed by atoms with Gasteiger partial charge in [0.1, 0.15) is 11.7 Å². The molecule has 1 aliphatic carbocycles. The molecule has 1 spiro atoms. The number of fused-ring (bicyclic) bond motifs is 2. The zero-order valence-corrected chi connectivity index (χ0v) is 10.4. The van der Waals surface area contributed by atoms with Crippen LogP contribution in [0.15, 0.2) is 6.20 Å². The Labute approximate surface area is 106 Å². The lowest BCUT2D eigenvalue weighted by molar-refractivity contribution is -0.120. The topological polar surface area (TPSA) is 70.7 Å². The van der Waals surface area contributed by atoms with Gasteiger partial charge in [-0.3, -0.25) is 4.79 Å². The minimum Gasteiger partial charge on any atom is -0.309 e. The highest BCUT2D eigenvalue weighted by Gasteiger charge is 2.52. The number of nitriles is 1. The Morgan fingerprint density at radius 1 is 1.61 bits per heavy atom. The minimum absolute atomic E-state index is 0.165. The number of carbonyl (C=O) groups is 1. The third-order valence-electron chi connectivity index (χ3n) is 4.36. The van der Waals surface area contributed by atoms with Crippen LogP contribution in [0.2, 0.25) is 0 Å². The Kier molecular flexibility index (Phi) is 2.40. The van der Waals surface area contributed by atoms with Gasteiger partial charge in [-0.05, 0) is 19.8 Å². The van der Waals surface area contributed by atoms with Crippen LogP contribution >= 0.6 is 0 Å². The average molecular weight is 244 g/mol. The second-order valence-corrected chi connectivity index (χ2v) is 5.14. The predicted octanol–water partition coefficient (Wildman–Crippen LogP) is 1.81. The van der Waals surface area contributed by atoms with E-state index in [0.29, 0.717) is 0 Å². The Bertz CT molecular complexity index is 534. The van der Waals surface area contributed by atoms with E-state index in [-0.39, 0.29) is 11.3 Å². The van der Waals surface area contributed by atoms with Gasteiger partial charge in [-0.15, -0.1) is 0 Å². The van der Waals surface area contributed by atoms with Crippen molar-refractivity contribution >= 4 is 11.7 Å². The number of amides is 1. The summed E-state index contributed by atoms with van der Waals surface area (Å²) in [6, 6.07) is 2.21. The van der Waals surface area contributed by atoms with Gasteiger partial charge >= 0.3 is 0 Å². The number of aromatic nitrogens is 2. The number of aryl methyl sites for hydroxylation is 1. The maximum Gasteiger partial charge on any atom is 0.243 e. The molecule has 0 saturated heterocycles. The van der Waals surface area contributed by atoms with E-state index in [2.05, 4.69) is 16.5 Å². The molecular formula is C13H16N4O. The first-order chi connectivity index (χ1) is 8.73. The van der Waals surface area contributed by atoms with Crippen molar-refractivity contribution in [3.8, 4) is 6.07 Å². The van der Waals surface area contributed by atoms with E-state index in [4.69, 9.17) is 0 Å². The fourth-order valence-electron chi connectivity index (χ4n) is 3.46. The Morgan fingerprint density at radius 2 is 2.33 bits per heavy atom. The fourth-order valence-corrected chi connectivity index (χ4v) is 3.46. The summed E-state index contributed by atoms with van der Waals surface area (Å²) in [5.74, 6) is 0.0695. The Balaban J connectivity index is 2.19. The van der Waals surface area contributed by atoms with Crippen molar-refractivity contribution in [2.45, 2.75) is 44.6 Å². The molecule has 1 saturated carbocycles. The molecule has 2 aliphatic rings. The van der Waals surface area contributed by atoms with E-state index in [1.165, 1.54) is 0 Å². The third-order valence-corrected chi connectivity index (χ3v) is 4.36. The van der Waals surface area contributed by atoms with Gasteiger partial charge in [-0.2, -0.15) is 10.4 Å². The van der Waals surface area contributed by atoms with Gasteiger partial charge in [0, 0.05) is 17.5 Å². The van der Waals surface area contributed by atoms with Gasteiger partial charge in [-0.25, -0.2) is 4.68 Å². The number of nitrogens with one attached hydrogen (secondary N) is 1. The molecule has 0 unspecified atom stereocenters. The third kappa shape index (κ3) is 1.26. The molecule has 1 amide bonds. The predicted molar refractivity (Wildman–Crippen MR) is 65.8 cm³/mol. The van der Waals surface area contributed by atoms with Crippen LogP contribution in [0.1, 0.15) is 38.2 Å². The standard InChI is InChI=1S/C13H16N4O/c1-2-17-11-10(8-15-17)13(5-3-4-6-13)9(7-14)12(18)16-11/h8-9H,2-6H2,1H3,(H,16,18)/t9-/m1/s1. The first-order valence-corrected chi connectivity index (χ1v) is 6.49. The molecular weight excluding hydrogens is 228 g/mol. The van der Waals surface area contributed by atoms with Crippen molar-refractivity contribution in [3.63, 3.8) is 0 Å². The van der Waals surface area contributed by atoms with Crippen LogP contribution < -0.4 is 5.32 Å². The first-order valence-electron chi connectivity index (χ1n) is 6.49. The lowest BCUT2D eigenvalue weighted by atomic mass is 9.68. The normalized spacial score (nSPS) is 24.7. The fraction of sp³-hybridized carbons (Fsp3) is 0.615. The van der Waals surface area contributed by atoms with E-state index in [1.54, 1.807) is 4.68 Å². The second-order valence-electron chi connectivity index (χ2n) is 5.14. The van der Waals surface area contributed by atoms with Gasteiger partial charge in [0.15, 0.2) is 0 Å². The Morgan fingerprint density at radius 3 is 2.94 bits per heavy atom. The van der Waals surface area contributed by atoms with Crippen LogP contribution in [0.25, 0.3) is 0 Å². The van der Waals surface area contributed by atoms with Gasteiger partial charge in [0.25, 0.3) is 0 Å². The molecule has 18 heavy (non-hydrogen) atoms. The lowest BCUT2D eigenvalue weighted by Gasteiger charge is -2.36. The molecule has 1 fully saturated rings. The smallest absolute Gasteiger partial charge is 0.243 e. The van der Waals surface area contributed by atoms with Crippen molar-refractivity contribution in [1.29, 1.82) is 5.26 Å². The molecule has 3 rings (SSSR count). The van der Waals surface area contributed by atoms with Crippen molar-refractivity contribution < 1.29 is 4.79 Å². The number of anilines is 1. The van der Waals surface area contributed by atoms with E-state index in [9.17, 15) is 10.1 Å². The lowest BCUT2D eigenvalue weighted by Crippen LogP contribution is -2.44. The summed E-state index contributed by atoms with van der Waals surface area (Å²) in [6.07, 6.45) is 5.85. The average Bonchev–Trinajstić information content (AvgIpc) is 2.97. The molecule has 5 heteroatoms. The van der Waals surface area contributed by atoms with E-state index in [0.717, 1.165) is 43.6 Å². The van der Waals surface area contributed by atoms with Crippen LogP contribution in [0, 0.1) is 17.2 Å². The maximum absolute atomic E-state index is 12.1. The highest BCUT2D eigenvalue weighted by atomic mass is 16.2. The summed E-state index contributed by atoms with van der Waals surface area (Å²) in [7, 11) is 0. The van der Waals surface area contributed by atoms with Gasteiger partial charge in [0.05, 0.1) is 12.3 Å². The summed E-state index contributed by atoms with van der Waals surface area (Å²) in [5.41, 5.74) is 0.771. The number of hydrogen-bond acceptors (Lipinski definition) is 3. The molecule has 1 atom stereocenters. The molecule has 0 radical (unpaired) electrons. The van der Waals surface area contributed by atoms with Gasteiger partial charge in [-0.1, -0.05) is 12.8 Å². The molecule has 1 aromatic rings. The highest BCUT2D eigenvalue weighted by molar-refractivity contribution is 5.98. The summed E-state index contributed by atoms with van der Waals surface area (Å²) in [4.78, 5) is 12.1. The largest absolute Gasteiger partial charge is 0.309 e. The number of nitrogens with zero attached hydrogens (tertiary/aromatic N) is 3. The zero-order valence-electron chi connectivity index (χ0n) is 10.4. The second kappa shape index (κ2) is 3.84. The minimum atomic E-state index is -0.568. The molecule has 1 N–H and O–H groups in total. The first kappa shape index (κ1) is 11.3. The van der Waals surface area contributed by atoms with Crippen molar-refractivity contribution in [2.24, 2.45) is 5.92 Å². The zero-order chi connectivity index (χ0) is 12.8. The molecule has 0 bridgehead atoms. The van der Waals surface area contributed by atoms with Crippen LogP contribution in [0.3, 0.4) is 0 Å². The summed E-state index contributed by atoms with van der Waals surface area (Å²) in [6.45, 7) is 2.72. The van der Waals surface area contributed by atoms with E-state index < -0.39 is 5.92 Å². The SMILES string of the molecule is CCn1ncc2c1NC(=O)[C@@H](C#N)C21CCCC1. The van der Waals surface area contributed by atoms with Gasteiger partial charge < -0.3 is 5.32 Å². The van der Waals surface area contributed by atoms with Crippen molar-refractivity contribution in [3.05, 3.63) is 11.8 Å². The molecule has 1 aromatic heterocycles. The Hall–Kier alpha value is -1.83. The molecule has 2 heterocycles. The molecule has 1 aliphatic heterocycles. The molecule has 94 valence electrons. The van der Waals surface area contributed by atoms with Crippen molar-refractivity contribution in [1.82, 2.24) is 9.78 Å². The maximum atomic E-state index is 12.1. The van der Waals surface area contributed by atoms with Crippen LogP contribution in [-0.2, 0) is 16.8 Å². The van der Waals surface area contributed by atoms with Gasteiger partial charge in [0.2, 0.25) is 5.91 Å². The van der Waals surface area contributed by atoms with Crippen LogP contribution in [-0.4, -0.2) is 15.7 Å². The quantitative estimate of drug-likeness (QED) is 0.819. The van der Waals surface area contributed by atoms with Crippen LogP contribution in [0.4, 0.5) is 5.82 Å². The van der Waals surface area contributed by atoms with E-state index in [1.807, 2.05) is 13.1 Å². The number of hydrogen-bond donors (Lipinski definition) is 1. The molecule has 5 nitrogen and oxygen atoms in total. The molecule has 0 aromatic carbocycles. The number of carbonyl (C=O) groups excluding carboxylic acids is 1. The summed E-state index contributed by atoms with van der Waals surface area (Å²) >= 11 is 0. The highest BCUT2D eigenvalue weighted by Crippen LogP contribution is 2.51. The van der Waals surface area contributed by atoms with Crippen LogP contribution in [0.5, 0.6) is 0 Å².